The van der Waals surface area contributed by atoms with Crippen LogP contribution < -0.4 is 5.32 Å². The Bertz CT molecular complexity index is 1040. The Balaban J connectivity index is 1.86. The van der Waals surface area contributed by atoms with Crippen LogP contribution in [0.1, 0.15) is 24.2 Å². The first-order valence-electron chi connectivity index (χ1n) is 7.63. The molecule has 2 heterocycles. The van der Waals surface area contributed by atoms with E-state index >= 15 is 0 Å². The van der Waals surface area contributed by atoms with Gasteiger partial charge in [0.25, 0.3) is 5.91 Å². The highest BCUT2D eigenvalue weighted by Gasteiger charge is 2.23. The monoisotopic (exact) mass is 394 g/mol. The van der Waals surface area contributed by atoms with Gasteiger partial charge >= 0.3 is 0 Å². The molecule has 0 bridgehead atoms. The Morgan fingerprint density at radius 1 is 1.31 bits per heavy atom. The lowest BCUT2D eigenvalue weighted by atomic mass is 10.2. The Morgan fingerprint density at radius 3 is 2.73 bits per heavy atom. The van der Waals surface area contributed by atoms with E-state index in [1.54, 1.807) is 17.5 Å². The van der Waals surface area contributed by atoms with Crippen LogP contribution in [0.2, 0.25) is 0 Å². The molecule has 3 rings (SSSR count). The quantitative estimate of drug-likeness (QED) is 0.661. The molecular formula is C17H15FN2O4S2. The van der Waals surface area contributed by atoms with Crippen LogP contribution in [-0.4, -0.2) is 24.6 Å². The van der Waals surface area contributed by atoms with Crippen molar-refractivity contribution in [2.45, 2.75) is 24.0 Å². The van der Waals surface area contributed by atoms with E-state index in [2.05, 4.69) is 10.3 Å². The van der Waals surface area contributed by atoms with Gasteiger partial charge in [-0.05, 0) is 44.2 Å². The number of furan rings is 1. The van der Waals surface area contributed by atoms with Gasteiger partial charge in [0.1, 0.15) is 11.5 Å². The summed E-state index contributed by atoms with van der Waals surface area (Å²) in [4.78, 5) is 16.5. The standard InChI is InChI=1S/C17H15FN2O4S2/c1-10(2)26(22,23)11-5-6-13(18)12(8-11)16(21)20-17-19-14(9-25-17)15-4-3-7-24-15/h3-10H,1-2H3,(H,19,20,21). The van der Waals surface area contributed by atoms with E-state index in [1.807, 2.05) is 0 Å². The van der Waals surface area contributed by atoms with Gasteiger partial charge in [-0.15, -0.1) is 11.3 Å². The van der Waals surface area contributed by atoms with Crippen LogP contribution in [0.3, 0.4) is 0 Å². The van der Waals surface area contributed by atoms with Crippen molar-refractivity contribution < 1.29 is 22.0 Å². The number of nitrogens with zero attached hydrogens (tertiary/aromatic N) is 1. The number of thiazole rings is 1. The molecular weight excluding hydrogens is 379 g/mol. The number of carbonyl (C=O) groups excluding carboxylic acids is 1. The first kappa shape index (κ1) is 18.3. The van der Waals surface area contributed by atoms with E-state index in [4.69, 9.17) is 4.42 Å². The molecule has 26 heavy (non-hydrogen) atoms. The lowest BCUT2D eigenvalue weighted by Gasteiger charge is -2.10. The van der Waals surface area contributed by atoms with Gasteiger partial charge in [-0.3, -0.25) is 10.1 Å². The summed E-state index contributed by atoms with van der Waals surface area (Å²) in [5.41, 5.74) is 0.174. The molecule has 1 amide bonds. The SMILES string of the molecule is CC(C)S(=O)(=O)c1ccc(F)c(C(=O)Nc2nc(-c3ccco3)cs2)c1. The van der Waals surface area contributed by atoms with E-state index in [1.165, 1.54) is 20.1 Å². The lowest BCUT2D eigenvalue weighted by Crippen LogP contribution is -2.17. The van der Waals surface area contributed by atoms with Crippen molar-refractivity contribution in [2.75, 3.05) is 5.32 Å². The van der Waals surface area contributed by atoms with Crippen molar-refractivity contribution in [2.24, 2.45) is 0 Å². The highest BCUT2D eigenvalue weighted by atomic mass is 32.2. The van der Waals surface area contributed by atoms with Crippen LogP contribution in [0.25, 0.3) is 11.5 Å². The number of rotatable bonds is 5. The molecule has 6 nitrogen and oxygen atoms in total. The highest BCUT2D eigenvalue weighted by Crippen LogP contribution is 2.26. The summed E-state index contributed by atoms with van der Waals surface area (Å²) in [5.74, 6) is -1.05. The molecule has 0 aliphatic carbocycles. The molecule has 0 saturated heterocycles. The number of carbonyl (C=O) groups is 1. The minimum absolute atomic E-state index is 0.102. The number of anilines is 1. The first-order chi connectivity index (χ1) is 12.3. The molecule has 0 aliphatic rings. The number of hydrogen-bond donors (Lipinski definition) is 1. The number of hydrogen-bond acceptors (Lipinski definition) is 6. The van der Waals surface area contributed by atoms with Gasteiger partial charge in [-0.1, -0.05) is 0 Å². The maximum atomic E-state index is 14.1. The third-order valence-electron chi connectivity index (χ3n) is 3.63. The van der Waals surface area contributed by atoms with Gasteiger partial charge in [0, 0.05) is 5.38 Å². The van der Waals surface area contributed by atoms with Crippen LogP contribution >= 0.6 is 11.3 Å². The first-order valence-corrected chi connectivity index (χ1v) is 10.1. The highest BCUT2D eigenvalue weighted by molar-refractivity contribution is 7.92. The Labute approximate surface area is 153 Å². The summed E-state index contributed by atoms with van der Waals surface area (Å²) < 4.78 is 43.7. The van der Waals surface area contributed by atoms with Gasteiger partial charge in [-0.2, -0.15) is 0 Å². The van der Waals surface area contributed by atoms with Crippen molar-refractivity contribution >= 4 is 32.2 Å². The van der Waals surface area contributed by atoms with Crippen LogP contribution in [0.4, 0.5) is 9.52 Å². The number of sulfone groups is 1. The summed E-state index contributed by atoms with van der Waals surface area (Å²) in [7, 11) is -3.62. The van der Waals surface area contributed by atoms with E-state index in [0.29, 0.717) is 11.5 Å². The molecule has 3 aromatic rings. The second-order valence-electron chi connectivity index (χ2n) is 5.70. The molecule has 0 radical (unpaired) electrons. The fourth-order valence-electron chi connectivity index (χ4n) is 2.16. The van der Waals surface area contributed by atoms with Crippen molar-refractivity contribution in [3.8, 4) is 11.5 Å². The average Bonchev–Trinajstić information content (AvgIpc) is 3.25. The third-order valence-corrected chi connectivity index (χ3v) is 6.54. The predicted octanol–water partition coefficient (Wildman–Crippen LogP) is 3.98. The molecule has 9 heteroatoms. The van der Waals surface area contributed by atoms with Gasteiger partial charge in [-0.25, -0.2) is 17.8 Å². The zero-order valence-corrected chi connectivity index (χ0v) is 15.5. The van der Waals surface area contributed by atoms with Crippen molar-refractivity contribution in [3.63, 3.8) is 0 Å². The van der Waals surface area contributed by atoms with Crippen LogP contribution in [0.15, 0.2) is 51.3 Å². The third kappa shape index (κ3) is 3.54. The maximum absolute atomic E-state index is 14.1. The average molecular weight is 394 g/mol. The number of amides is 1. The molecule has 0 unspecified atom stereocenters. The normalized spacial score (nSPS) is 11.7. The van der Waals surface area contributed by atoms with Gasteiger partial charge in [0.2, 0.25) is 0 Å². The minimum Gasteiger partial charge on any atom is -0.463 e. The van der Waals surface area contributed by atoms with Gasteiger partial charge in [0.05, 0.1) is 22.0 Å². The Kier molecular flexibility index (Phi) is 4.92. The Hall–Kier alpha value is -2.52. The molecule has 1 aromatic carbocycles. The number of halogens is 1. The molecule has 0 atom stereocenters. The summed E-state index contributed by atoms with van der Waals surface area (Å²) in [6, 6.07) is 6.60. The van der Waals surface area contributed by atoms with Crippen LogP contribution in [-0.2, 0) is 9.84 Å². The summed E-state index contributed by atoms with van der Waals surface area (Å²) in [5, 5.41) is 3.73. The smallest absolute Gasteiger partial charge is 0.260 e. The fourth-order valence-corrected chi connectivity index (χ4v) is 3.94. The van der Waals surface area contributed by atoms with Crippen molar-refractivity contribution in [1.29, 1.82) is 0 Å². The van der Waals surface area contributed by atoms with Gasteiger partial charge in [0.15, 0.2) is 20.7 Å². The molecule has 136 valence electrons. The number of benzene rings is 1. The zero-order valence-electron chi connectivity index (χ0n) is 13.9. The van der Waals surface area contributed by atoms with E-state index in [-0.39, 0.29) is 15.6 Å². The topological polar surface area (TPSA) is 89.3 Å². The predicted molar refractivity (Wildman–Crippen MR) is 96.5 cm³/mol. The van der Waals surface area contributed by atoms with Crippen LogP contribution in [0.5, 0.6) is 0 Å². The van der Waals surface area contributed by atoms with Crippen molar-refractivity contribution in [1.82, 2.24) is 4.98 Å². The van der Waals surface area contributed by atoms with E-state index < -0.39 is 26.8 Å². The molecule has 0 spiro atoms. The maximum Gasteiger partial charge on any atom is 0.260 e. The largest absolute Gasteiger partial charge is 0.463 e. The molecule has 0 fully saturated rings. The van der Waals surface area contributed by atoms with E-state index in [9.17, 15) is 17.6 Å². The van der Waals surface area contributed by atoms with E-state index in [0.717, 1.165) is 29.5 Å². The number of nitrogens with one attached hydrogen (secondary N) is 1. The summed E-state index contributed by atoms with van der Waals surface area (Å²) in [6.45, 7) is 3.04. The molecule has 2 aromatic heterocycles. The van der Waals surface area contributed by atoms with Crippen molar-refractivity contribution in [3.05, 3.63) is 53.4 Å². The van der Waals surface area contributed by atoms with Crippen LogP contribution in [0, 0.1) is 5.82 Å². The van der Waals surface area contributed by atoms with Gasteiger partial charge < -0.3 is 4.42 Å². The minimum atomic E-state index is -3.62. The fraction of sp³-hybridized carbons (Fsp3) is 0.176. The second kappa shape index (κ2) is 7.00. The zero-order chi connectivity index (χ0) is 18.9. The lowest BCUT2D eigenvalue weighted by molar-refractivity contribution is 0.102. The molecule has 0 saturated carbocycles. The number of aromatic nitrogens is 1. The Morgan fingerprint density at radius 2 is 2.08 bits per heavy atom. The molecule has 1 N–H and O–H groups in total. The summed E-state index contributed by atoms with van der Waals surface area (Å²) >= 11 is 1.15. The second-order valence-corrected chi connectivity index (χ2v) is 9.07. The molecule has 0 aliphatic heterocycles. The summed E-state index contributed by atoms with van der Waals surface area (Å²) in [6.07, 6.45) is 1.50.